The van der Waals surface area contributed by atoms with Crippen molar-refractivity contribution in [3.8, 4) is 11.1 Å². The monoisotopic (exact) mass is 710 g/mol. The van der Waals surface area contributed by atoms with Gasteiger partial charge in [-0.3, -0.25) is 0 Å². The van der Waals surface area contributed by atoms with E-state index >= 15 is 0 Å². The highest BCUT2D eigenvalue weighted by Crippen LogP contribution is 2.55. The number of hydrogen-bond acceptors (Lipinski definition) is 4. The molecule has 4 aliphatic rings. The molecule has 4 heterocycles. The van der Waals surface area contributed by atoms with Crippen LogP contribution in [-0.2, 0) is 0 Å². The third-order valence-electron chi connectivity index (χ3n) is 12.3. The number of allylic oxidation sites excluding steroid dienone is 4. The van der Waals surface area contributed by atoms with Crippen LogP contribution in [0.15, 0.2) is 125 Å². The number of thioether (sulfide) groups is 1. The van der Waals surface area contributed by atoms with Crippen molar-refractivity contribution < 1.29 is 0 Å². The summed E-state index contributed by atoms with van der Waals surface area (Å²) in [5.74, 6) is 0.429. The molecule has 11 rings (SSSR count). The summed E-state index contributed by atoms with van der Waals surface area (Å²) in [6.07, 6.45) is 13.7. The Hall–Kier alpha value is -4.51. The van der Waals surface area contributed by atoms with Crippen LogP contribution >= 0.6 is 23.1 Å². The molecule has 1 atom stereocenters. The van der Waals surface area contributed by atoms with Crippen LogP contribution in [0.4, 0.5) is 11.4 Å². The standard InChI is InChI=1S/C48H42N2S2/c1-7-23-49(24-8-1)33-17-19-37-41(29-33)47(31-15-21-45-39(27-31)35-11-3-5-13-43(35)51-45)38-20-18-34(50-25-9-2-10-26-50)30-42(38)48(37)32-16-22-46-40(28-32)36-12-4-6-14-44(36)52-46/h3-6,11-22,27,29-30,40H,1-2,7-10,23-26,28H2. The van der Waals surface area contributed by atoms with Crippen LogP contribution in [0.1, 0.15) is 62.0 Å². The maximum absolute atomic E-state index is 2.64. The lowest BCUT2D eigenvalue weighted by molar-refractivity contribution is 0.578. The van der Waals surface area contributed by atoms with E-state index in [1.54, 1.807) is 0 Å². The van der Waals surface area contributed by atoms with Crippen LogP contribution in [0, 0.1) is 0 Å². The van der Waals surface area contributed by atoms with Crippen molar-refractivity contribution >= 4 is 81.8 Å². The molecular weight excluding hydrogens is 669 g/mol. The molecule has 1 aliphatic carbocycles. The number of piperidine rings is 2. The predicted octanol–water partition coefficient (Wildman–Crippen LogP) is 13.6. The minimum Gasteiger partial charge on any atom is -0.372 e. The van der Waals surface area contributed by atoms with Gasteiger partial charge in [0.25, 0.3) is 0 Å². The quantitative estimate of drug-likeness (QED) is 0.168. The Balaban J connectivity index is 1.19. The first-order chi connectivity index (χ1) is 25.8. The zero-order valence-electron chi connectivity index (χ0n) is 29.5. The van der Waals surface area contributed by atoms with Gasteiger partial charge in [-0.05, 0) is 148 Å². The van der Waals surface area contributed by atoms with Crippen LogP contribution in [0.3, 0.4) is 0 Å². The summed E-state index contributed by atoms with van der Waals surface area (Å²) >= 11 is 3.88. The topological polar surface area (TPSA) is 6.48 Å². The van der Waals surface area contributed by atoms with E-state index in [2.05, 4.69) is 125 Å². The van der Waals surface area contributed by atoms with Gasteiger partial charge in [0, 0.05) is 68.5 Å². The molecule has 0 bridgehead atoms. The number of benzene rings is 6. The van der Waals surface area contributed by atoms with Gasteiger partial charge < -0.3 is 9.80 Å². The largest absolute Gasteiger partial charge is 0.372 e. The highest BCUT2D eigenvalue weighted by atomic mass is 32.2. The summed E-state index contributed by atoms with van der Waals surface area (Å²) in [5.41, 5.74) is 9.83. The smallest absolute Gasteiger partial charge is 0.0372 e. The van der Waals surface area contributed by atoms with E-state index < -0.39 is 0 Å². The molecular formula is C48H42N2S2. The van der Waals surface area contributed by atoms with E-state index in [0.29, 0.717) is 5.92 Å². The SMILES string of the molecule is C1=C(c2c3cc(N4CCCCC4)ccc3c(-c3ccc4sc5ccccc5c4c3)c3cc(N4CCCCC4)ccc23)CC2C(=C1)Sc1ccccc12. The molecule has 4 heteroatoms. The zero-order valence-corrected chi connectivity index (χ0v) is 31.2. The van der Waals surface area contributed by atoms with E-state index in [0.717, 1.165) is 32.6 Å². The first-order valence-corrected chi connectivity index (χ1v) is 21.0. The number of rotatable bonds is 4. The fraction of sp³-hybridized carbons (Fsp3) is 0.250. The van der Waals surface area contributed by atoms with Gasteiger partial charge in [-0.2, -0.15) is 0 Å². The van der Waals surface area contributed by atoms with E-state index in [4.69, 9.17) is 0 Å². The molecule has 0 radical (unpaired) electrons. The molecule has 2 nitrogen and oxygen atoms in total. The third-order valence-corrected chi connectivity index (χ3v) is 14.7. The van der Waals surface area contributed by atoms with Gasteiger partial charge in [0.2, 0.25) is 0 Å². The number of hydrogen-bond donors (Lipinski definition) is 0. The Morgan fingerprint density at radius 3 is 1.92 bits per heavy atom. The second kappa shape index (κ2) is 12.6. The van der Waals surface area contributed by atoms with Crippen LogP contribution in [0.5, 0.6) is 0 Å². The molecule has 7 aromatic rings. The van der Waals surface area contributed by atoms with Crippen LogP contribution < -0.4 is 9.80 Å². The molecule has 0 amide bonds. The third kappa shape index (κ3) is 5.05. The molecule has 0 spiro atoms. The molecule has 2 fully saturated rings. The van der Waals surface area contributed by atoms with Crippen molar-refractivity contribution in [3.05, 3.63) is 131 Å². The molecule has 3 aliphatic heterocycles. The lowest BCUT2D eigenvalue weighted by atomic mass is 9.80. The summed E-state index contributed by atoms with van der Waals surface area (Å²) in [7, 11) is 0. The average molecular weight is 711 g/mol. The van der Waals surface area contributed by atoms with Crippen molar-refractivity contribution in [1.82, 2.24) is 0 Å². The fourth-order valence-electron chi connectivity index (χ4n) is 9.67. The summed E-state index contributed by atoms with van der Waals surface area (Å²) in [6, 6.07) is 40.2. The molecule has 6 aromatic carbocycles. The first kappa shape index (κ1) is 31.1. The molecule has 1 aromatic heterocycles. The second-order valence-electron chi connectivity index (χ2n) is 15.3. The summed E-state index contributed by atoms with van der Waals surface area (Å²) in [5, 5.41) is 8.26. The normalized spacial score (nSPS) is 19.0. The van der Waals surface area contributed by atoms with Gasteiger partial charge in [0.1, 0.15) is 0 Å². The summed E-state index contributed by atoms with van der Waals surface area (Å²) in [4.78, 5) is 8.19. The van der Waals surface area contributed by atoms with Gasteiger partial charge in [-0.15, -0.1) is 11.3 Å². The van der Waals surface area contributed by atoms with E-state index in [1.165, 1.54) is 129 Å². The lowest BCUT2D eigenvalue weighted by Gasteiger charge is -2.31. The molecule has 0 saturated carbocycles. The van der Waals surface area contributed by atoms with Crippen molar-refractivity contribution in [2.45, 2.75) is 55.8 Å². The van der Waals surface area contributed by atoms with Crippen LogP contribution in [-0.4, -0.2) is 26.2 Å². The van der Waals surface area contributed by atoms with Crippen molar-refractivity contribution in [2.24, 2.45) is 0 Å². The molecule has 0 N–H and O–H groups in total. The van der Waals surface area contributed by atoms with Gasteiger partial charge >= 0.3 is 0 Å². The molecule has 256 valence electrons. The fourth-order valence-corrected chi connectivity index (χ4v) is 12.0. The maximum Gasteiger partial charge on any atom is 0.0372 e. The van der Waals surface area contributed by atoms with Crippen molar-refractivity contribution in [3.63, 3.8) is 0 Å². The Bertz CT molecular complexity index is 2610. The lowest BCUT2D eigenvalue weighted by Crippen LogP contribution is -2.29. The molecule has 1 unspecified atom stereocenters. The molecule has 2 saturated heterocycles. The number of anilines is 2. The highest BCUT2D eigenvalue weighted by molar-refractivity contribution is 8.03. The van der Waals surface area contributed by atoms with Gasteiger partial charge in [-0.1, -0.05) is 78.5 Å². The van der Waals surface area contributed by atoms with Gasteiger partial charge in [0.05, 0.1) is 0 Å². The Morgan fingerprint density at radius 2 is 1.15 bits per heavy atom. The Kier molecular flexibility index (Phi) is 7.51. The average Bonchev–Trinajstić information content (AvgIpc) is 3.78. The van der Waals surface area contributed by atoms with Gasteiger partial charge in [-0.25, -0.2) is 0 Å². The summed E-state index contributed by atoms with van der Waals surface area (Å²) < 4.78 is 2.72. The minimum absolute atomic E-state index is 0.429. The maximum atomic E-state index is 2.64. The van der Waals surface area contributed by atoms with Crippen LogP contribution in [0.25, 0.3) is 58.4 Å². The van der Waals surface area contributed by atoms with E-state index in [-0.39, 0.29) is 0 Å². The van der Waals surface area contributed by atoms with Crippen LogP contribution in [0.2, 0.25) is 0 Å². The van der Waals surface area contributed by atoms with E-state index in [1.807, 2.05) is 23.1 Å². The van der Waals surface area contributed by atoms with Gasteiger partial charge in [0.15, 0.2) is 0 Å². The second-order valence-corrected chi connectivity index (χ2v) is 17.5. The van der Waals surface area contributed by atoms with Crippen molar-refractivity contribution in [2.75, 3.05) is 36.0 Å². The Morgan fingerprint density at radius 1 is 0.500 bits per heavy atom. The van der Waals surface area contributed by atoms with Crippen molar-refractivity contribution in [1.29, 1.82) is 0 Å². The number of thiophene rings is 1. The highest BCUT2D eigenvalue weighted by Gasteiger charge is 2.32. The minimum atomic E-state index is 0.429. The number of nitrogens with zero attached hydrogens (tertiary/aromatic N) is 2. The van der Waals surface area contributed by atoms with E-state index in [9.17, 15) is 0 Å². The Labute approximate surface area is 314 Å². The first-order valence-electron chi connectivity index (χ1n) is 19.4. The molecule has 52 heavy (non-hydrogen) atoms. The summed E-state index contributed by atoms with van der Waals surface area (Å²) in [6.45, 7) is 4.58. The number of fused-ring (bicyclic) bond motifs is 8. The zero-order chi connectivity index (χ0) is 34.2. The predicted molar refractivity (Wildman–Crippen MR) is 228 cm³/mol.